The summed E-state index contributed by atoms with van der Waals surface area (Å²) in [5.74, 6) is -2.07. The predicted octanol–water partition coefficient (Wildman–Crippen LogP) is 2.92. The highest BCUT2D eigenvalue weighted by molar-refractivity contribution is 5.93. The maximum absolute atomic E-state index is 13.1. The van der Waals surface area contributed by atoms with Crippen LogP contribution in [0.5, 0.6) is 0 Å². The van der Waals surface area contributed by atoms with Crippen molar-refractivity contribution in [1.82, 2.24) is 34.8 Å². The number of anilines is 3. The number of alkyl halides is 2. The zero-order valence-corrected chi connectivity index (χ0v) is 18.5. The Labute approximate surface area is 198 Å². The van der Waals surface area contributed by atoms with Crippen LogP contribution in [-0.4, -0.2) is 66.3 Å². The summed E-state index contributed by atoms with van der Waals surface area (Å²) in [5.41, 5.74) is 3.95. The van der Waals surface area contributed by atoms with Crippen molar-refractivity contribution in [2.24, 2.45) is 0 Å². The van der Waals surface area contributed by atoms with Crippen molar-refractivity contribution >= 4 is 23.4 Å². The molecule has 0 unspecified atom stereocenters. The summed E-state index contributed by atoms with van der Waals surface area (Å²) in [6, 6.07) is 11.4. The summed E-state index contributed by atoms with van der Waals surface area (Å²) >= 11 is 0. The standard InChI is InChI=1S/C23H21F2N9O/c24-23(25)13-33(14-23)21(35)19-9-18-12-32(7-8-34(18)31-19)22-26-6-5-20(30-22)29-17-3-1-15(2-4-17)16-10-27-28-11-16/h1-6,9-11H,7-8,12-14H2,(H,27,28)(H,26,29,30). The molecule has 3 aromatic heterocycles. The summed E-state index contributed by atoms with van der Waals surface area (Å²) in [6.07, 6.45) is 5.30. The quantitative estimate of drug-likeness (QED) is 0.455. The van der Waals surface area contributed by atoms with Crippen LogP contribution in [0.3, 0.4) is 0 Å². The van der Waals surface area contributed by atoms with Gasteiger partial charge in [-0.15, -0.1) is 0 Å². The number of halogens is 2. The number of rotatable bonds is 5. The Balaban J connectivity index is 1.13. The molecule has 0 spiro atoms. The van der Waals surface area contributed by atoms with E-state index in [0.29, 0.717) is 31.4 Å². The van der Waals surface area contributed by atoms with Gasteiger partial charge >= 0.3 is 0 Å². The van der Waals surface area contributed by atoms with E-state index < -0.39 is 24.9 Å². The lowest BCUT2D eigenvalue weighted by atomic mass is 10.1. The summed E-state index contributed by atoms with van der Waals surface area (Å²) in [7, 11) is 0. The minimum atomic E-state index is -2.80. The van der Waals surface area contributed by atoms with E-state index in [1.807, 2.05) is 35.4 Å². The molecule has 6 rings (SSSR count). The van der Waals surface area contributed by atoms with Crippen molar-refractivity contribution in [1.29, 1.82) is 0 Å². The molecule has 2 aliphatic heterocycles. The first-order valence-electron chi connectivity index (χ1n) is 11.1. The molecule has 4 aromatic rings. The van der Waals surface area contributed by atoms with Crippen LogP contribution >= 0.6 is 0 Å². The van der Waals surface area contributed by atoms with Crippen LogP contribution in [0, 0.1) is 0 Å². The molecule has 1 fully saturated rings. The Hall–Kier alpha value is -4.35. The number of H-pyrrole nitrogens is 1. The lowest BCUT2D eigenvalue weighted by molar-refractivity contribution is -0.113. The second-order valence-corrected chi connectivity index (χ2v) is 8.61. The molecule has 2 aliphatic rings. The average Bonchev–Trinajstić information content (AvgIpc) is 3.52. The molecule has 0 aliphatic carbocycles. The van der Waals surface area contributed by atoms with Crippen LogP contribution in [0.1, 0.15) is 16.2 Å². The van der Waals surface area contributed by atoms with Crippen LogP contribution in [-0.2, 0) is 13.1 Å². The fourth-order valence-electron chi connectivity index (χ4n) is 4.23. The largest absolute Gasteiger partial charge is 0.340 e. The lowest BCUT2D eigenvalue weighted by Gasteiger charge is -2.38. The van der Waals surface area contributed by atoms with E-state index in [2.05, 4.69) is 30.6 Å². The Bertz CT molecular complexity index is 1360. The summed E-state index contributed by atoms with van der Waals surface area (Å²) < 4.78 is 28.0. The van der Waals surface area contributed by atoms with Gasteiger partial charge in [0.1, 0.15) is 5.82 Å². The summed E-state index contributed by atoms with van der Waals surface area (Å²) in [4.78, 5) is 24.6. The first kappa shape index (κ1) is 21.2. The van der Waals surface area contributed by atoms with Crippen molar-refractivity contribution in [2.45, 2.75) is 19.0 Å². The first-order valence-corrected chi connectivity index (χ1v) is 11.1. The SMILES string of the molecule is O=C(c1cc2n(n1)CCN(c1nccc(Nc3ccc(-c4cn[nH]c4)cc3)n1)C2)N1CC(F)(F)C1. The first-order chi connectivity index (χ1) is 16.9. The summed E-state index contributed by atoms with van der Waals surface area (Å²) in [5, 5.41) is 14.4. The van der Waals surface area contributed by atoms with E-state index in [-0.39, 0.29) is 5.69 Å². The molecule has 0 radical (unpaired) electrons. The molecule has 12 heteroatoms. The van der Waals surface area contributed by atoms with Gasteiger partial charge in [-0.2, -0.15) is 15.2 Å². The molecule has 35 heavy (non-hydrogen) atoms. The number of carbonyl (C=O) groups excluding carboxylic acids is 1. The van der Waals surface area contributed by atoms with Gasteiger partial charge in [-0.3, -0.25) is 14.6 Å². The third kappa shape index (κ3) is 4.18. The molecule has 0 bridgehead atoms. The number of likely N-dealkylation sites (tertiary alicyclic amines) is 1. The van der Waals surface area contributed by atoms with Crippen LogP contribution in [0.4, 0.5) is 26.2 Å². The second-order valence-electron chi connectivity index (χ2n) is 8.61. The number of benzene rings is 1. The normalized spacial score (nSPS) is 16.5. The Kier molecular flexibility index (Phi) is 4.94. The fraction of sp³-hybridized carbons (Fsp3) is 0.261. The van der Waals surface area contributed by atoms with Crippen LogP contribution < -0.4 is 10.2 Å². The van der Waals surface area contributed by atoms with Crippen molar-refractivity contribution in [2.75, 3.05) is 29.9 Å². The molecule has 0 atom stereocenters. The molecule has 2 N–H and O–H groups in total. The van der Waals surface area contributed by atoms with Gasteiger partial charge in [0, 0.05) is 30.2 Å². The van der Waals surface area contributed by atoms with Gasteiger partial charge in [-0.1, -0.05) is 12.1 Å². The van der Waals surface area contributed by atoms with Crippen LogP contribution in [0.15, 0.2) is 55.0 Å². The minimum Gasteiger partial charge on any atom is -0.340 e. The van der Waals surface area contributed by atoms with E-state index in [1.54, 1.807) is 29.2 Å². The molecular formula is C23H21F2N9O. The average molecular weight is 477 g/mol. The third-order valence-corrected chi connectivity index (χ3v) is 6.06. The number of hydrogen-bond acceptors (Lipinski definition) is 7. The highest BCUT2D eigenvalue weighted by Crippen LogP contribution is 2.29. The third-order valence-electron chi connectivity index (χ3n) is 6.06. The molecule has 0 saturated carbocycles. The van der Waals surface area contributed by atoms with Crippen LogP contribution in [0.2, 0.25) is 0 Å². The molecule has 1 amide bonds. The van der Waals surface area contributed by atoms with E-state index in [9.17, 15) is 13.6 Å². The number of aromatic amines is 1. The van der Waals surface area contributed by atoms with E-state index in [0.717, 1.165) is 27.4 Å². The Morgan fingerprint density at radius 3 is 2.66 bits per heavy atom. The predicted molar refractivity (Wildman–Crippen MR) is 123 cm³/mol. The number of fused-ring (bicyclic) bond motifs is 1. The number of amides is 1. The lowest BCUT2D eigenvalue weighted by Crippen LogP contribution is -2.58. The van der Waals surface area contributed by atoms with Crippen molar-refractivity contribution in [3.63, 3.8) is 0 Å². The van der Waals surface area contributed by atoms with Gasteiger partial charge in [0.25, 0.3) is 11.8 Å². The Morgan fingerprint density at radius 1 is 1.09 bits per heavy atom. The minimum absolute atomic E-state index is 0.188. The van der Waals surface area contributed by atoms with Crippen molar-refractivity contribution in [3.05, 3.63) is 66.4 Å². The molecule has 1 saturated heterocycles. The highest BCUT2D eigenvalue weighted by Gasteiger charge is 2.47. The Morgan fingerprint density at radius 2 is 1.91 bits per heavy atom. The van der Waals surface area contributed by atoms with Gasteiger partial charge in [-0.25, -0.2) is 13.8 Å². The topological polar surface area (TPSA) is 108 Å². The second kappa shape index (κ2) is 8.15. The molecule has 10 nitrogen and oxygen atoms in total. The maximum atomic E-state index is 13.1. The number of nitrogens with zero attached hydrogens (tertiary/aromatic N) is 7. The zero-order chi connectivity index (χ0) is 24.0. The number of hydrogen-bond donors (Lipinski definition) is 2. The number of nitrogens with one attached hydrogen (secondary N) is 2. The van der Waals surface area contributed by atoms with Gasteiger partial charge < -0.3 is 15.1 Å². The van der Waals surface area contributed by atoms with Gasteiger partial charge in [-0.05, 0) is 29.8 Å². The fourth-order valence-corrected chi connectivity index (χ4v) is 4.23. The molecule has 178 valence electrons. The molecular weight excluding hydrogens is 456 g/mol. The van der Waals surface area contributed by atoms with Gasteiger partial charge in [0.2, 0.25) is 5.95 Å². The van der Waals surface area contributed by atoms with Crippen LogP contribution in [0.25, 0.3) is 11.1 Å². The van der Waals surface area contributed by atoms with E-state index in [4.69, 9.17) is 0 Å². The number of aromatic nitrogens is 6. The van der Waals surface area contributed by atoms with Crippen molar-refractivity contribution < 1.29 is 13.6 Å². The number of carbonyl (C=O) groups is 1. The smallest absolute Gasteiger partial charge is 0.282 e. The molecule has 5 heterocycles. The van der Waals surface area contributed by atoms with E-state index in [1.165, 1.54) is 0 Å². The summed E-state index contributed by atoms with van der Waals surface area (Å²) in [6.45, 7) is 0.487. The van der Waals surface area contributed by atoms with Gasteiger partial charge in [0.05, 0.1) is 38.1 Å². The highest BCUT2D eigenvalue weighted by atomic mass is 19.3. The molecule has 1 aromatic carbocycles. The van der Waals surface area contributed by atoms with E-state index >= 15 is 0 Å². The van der Waals surface area contributed by atoms with Crippen molar-refractivity contribution in [3.8, 4) is 11.1 Å². The zero-order valence-electron chi connectivity index (χ0n) is 18.5. The maximum Gasteiger partial charge on any atom is 0.282 e. The van der Waals surface area contributed by atoms with Gasteiger partial charge in [0.15, 0.2) is 5.69 Å². The monoisotopic (exact) mass is 477 g/mol.